The Kier molecular flexibility index (Phi) is 9.51. The van der Waals surface area contributed by atoms with Crippen LogP contribution in [0.15, 0.2) is 60.7 Å². The molecule has 1 aliphatic heterocycles. The fourth-order valence-corrected chi connectivity index (χ4v) is 3.37. The Morgan fingerprint density at radius 2 is 1.75 bits per heavy atom. The van der Waals surface area contributed by atoms with Crippen LogP contribution < -0.4 is 22.6 Å². The van der Waals surface area contributed by atoms with Gasteiger partial charge in [-0.15, -0.1) is 0 Å². The van der Waals surface area contributed by atoms with Crippen LogP contribution in [0.2, 0.25) is 5.02 Å². The molecule has 150 valence electrons. The molecule has 2 aromatic carbocycles. The van der Waals surface area contributed by atoms with Gasteiger partial charge in [0.25, 0.3) is 0 Å². The van der Waals surface area contributed by atoms with E-state index in [1.54, 1.807) is 17.0 Å². The maximum atomic E-state index is 12.1. The number of benzene rings is 2. The molecule has 3 rings (SSSR count). The average molecular weight is 420 g/mol. The lowest BCUT2D eigenvalue weighted by Crippen LogP contribution is -3.14. The van der Waals surface area contributed by atoms with Crippen LogP contribution in [0.5, 0.6) is 0 Å². The molecule has 1 amide bonds. The van der Waals surface area contributed by atoms with Crippen LogP contribution >= 0.6 is 11.6 Å². The summed E-state index contributed by atoms with van der Waals surface area (Å²) < 4.78 is 0. The van der Waals surface area contributed by atoms with Gasteiger partial charge in [-0.1, -0.05) is 48.0 Å². The van der Waals surface area contributed by atoms with E-state index in [1.165, 1.54) is 5.56 Å². The van der Waals surface area contributed by atoms with Crippen molar-refractivity contribution >= 4 is 29.3 Å². The summed E-state index contributed by atoms with van der Waals surface area (Å²) in [5.74, 6) is 0.0536. The van der Waals surface area contributed by atoms with Crippen LogP contribution in [0.4, 0.5) is 5.69 Å². The van der Waals surface area contributed by atoms with E-state index >= 15 is 0 Å². The molecule has 0 spiro atoms. The molecule has 0 unspecified atom stereocenters. The van der Waals surface area contributed by atoms with Gasteiger partial charge < -0.3 is 22.6 Å². The SMILES string of the molecule is O=C(CCN1CC[NH+](C/C=C/c2ccccc2)CC1)Nc1ccc(Cl)cc1.[Cl-]. The third kappa shape index (κ3) is 7.64. The quantitative estimate of drug-likeness (QED) is 0.639. The first-order chi connectivity index (χ1) is 13.2. The number of anilines is 1. The Hall–Kier alpha value is -1.85. The first-order valence-corrected chi connectivity index (χ1v) is 9.90. The number of nitrogens with zero attached hydrogens (tertiary/aromatic N) is 1. The van der Waals surface area contributed by atoms with Crippen molar-refractivity contribution in [1.82, 2.24) is 4.90 Å². The molecule has 1 aliphatic rings. The first-order valence-electron chi connectivity index (χ1n) is 9.52. The van der Waals surface area contributed by atoms with Crippen molar-refractivity contribution in [1.29, 1.82) is 0 Å². The summed E-state index contributed by atoms with van der Waals surface area (Å²) in [4.78, 5) is 16.1. The highest BCUT2D eigenvalue weighted by molar-refractivity contribution is 6.30. The zero-order chi connectivity index (χ0) is 18.9. The number of hydrogen-bond donors (Lipinski definition) is 2. The maximum Gasteiger partial charge on any atom is 0.225 e. The highest BCUT2D eigenvalue weighted by Crippen LogP contribution is 2.13. The van der Waals surface area contributed by atoms with Crippen molar-refractivity contribution in [2.45, 2.75) is 6.42 Å². The standard InChI is InChI=1S/C22H26ClN3O.ClH/c23-20-8-10-21(11-9-20)24-22(27)12-14-26-17-15-25(16-18-26)13-4-7-19-5-2-1-3-6-19;/h1-11H,12-18H2,(H,24,27);1H/b7-4+;. The van der Waals surface area contributed by atoms with Gasteiger partial charge in [0, 0.05) is 36.8 Å². The van der Waals surface area contributed by atoms with Crippen LogP contribution in [0, 0.1) is 0 Å². The van der Waals surface area contributed by atoms with Gasteiger partial charge in [-0.3, -0.25) is 9.69 Å². The smallest absolute Gasteiger partial charge is 0.225 e. The molecule has 6 heteroatoms. The Bertz CT molecular complexity index is 742. The Balaban J connectivity index is 0.00000280. The van der Waals surface area contributed by atoms with Gasteiger partial charge in [-0.2, -0.15) is 0 Å². The molecule has 2 N–H and O–H groups in total. The molecule has 0 saturated carbocycles. The summed E-state index contributed by atoms with van der Waals surface area (Å²) in [6.45, 7) is 6.20. The zero-order valence-electron chi connectivity index (χ0n) is 15.9. The molecule has 0 bridgehead atoms. The largest absolute Gasteiger partial charge is 1.00 e. The third-order valence-corrected chi connectivity index (χ3v) is 5.11. The number of carbonyl (C=O) groups excluding carboxylic acids is 1. The van der Waals surface area contributed by atoms with E-state index in [1.807, 2.05) is 18.2 Å². The van der Waals surface area contributed by atoms with E-state index in [9.17, 15) is 4.79 Å². The number of nitrogens with one attached hydrogen (secondary N) is 2. The summed E-state index contributed by atoms with van der Waals surface area (Å²) in [7, 11) is 0. The monoisotopic (exact) mass is 419 g/mol. The van der Waals surface area contributed by atoms with Crippen molar-refractivity contribution in [2.75, 3.05) is 44.6 Å². The fourth-order valence-electron chi connectivity index (χ4n) is 3.24. The summed E-state index contributed by atoms with van der Waals surface area (Å²) >= 11 is 5.86. The average Bonchev–Trinajstić information content (AvgIpc) is 2.70. The second-order valence-electron chi connectivity index (χ2n) is 6.91. The molecule has 1 fully saturated rings. The number of amides is 1. The second-order valence-corrected chi connectivity index (χ2v) is 7.35. The van der Waals surface area contributed by atoms with E-state index in [0.29, 0.717) is 11.4 Å². The number of carbonyl (C=O) groups is 1. The first kappa shape index (κ1) is 22.4. The number of quaternary nitrogens is 1. The summed E-state index contributed by atoms with van der Waals surface area (Å²) in [5.41, 5.74) is 2.05. The molecule has 1 saturated heterocycles. The van der Waals surface area contributed by atoms with E-state index < -0.39 is 0 Å². The van der Waals surface area contributed by atoms with E-state index in [4.69, 9.17) is 11.6 Å². The molecule has 0 aromatic heterocycles. The van der Waals surface area contributed by atoms with Crippen molar-refractivity contribution in [2.24, 2.45) is 0 Å². The van der Waals surface area contributed by atoms with Gasteiger partial charge >= 0.3 is 0 Å². The van der Waals surface area contributed by atoms with Crippen LogP contribution in [-0.4, -0.2) is 50.1 Å². The predicted molar refractivity (Wildman–Crippen MR) is 112 cm³/mol. The molecule has 1 heterocycles. The van der Waals surface area contributed by atoms with E-state index in [0.717, 1.165) is 45.0 Å². The summed E-state index contributed by atoms with van der Waals surface area (Å²) in [6.07, 6.45) is 4.98. The van der Waals surface area contributed by atoms with Crippen LogP contribution in [-0.2, 0) is 4.79 Å². The predicted octanol–water partition coefficient (Wildman–Crippen LogP) is -0.413. The van der Waals surface area contributed by atoms with Crippen LogP contribution in [0.3, 0.4) is 0 Å². The van der Waals surface area contributed by atoms with Gasteiger partial charge in [-0.25, -0.2) is 0 Å². The Labute approximate surface area is 178 Å². The molecule has 28 heavy (non-hydrogen) atoms. The molecular weight excluding hydrogens is 393 g/mol. The van der Waals surface area contributed by atoms with E-state index in [-0.39, 0.29) is 18.3 Å². The number of piperazine rings is 1. The van der Waals surface area contributed by atoms with Gasteiger partial charge in [0.1, 0.15) is 0 Å². The summed E-state index contributed by atoms with van der Waals surface area (Å²) in [6, 6.07) is 17.6. The Morgan fingerprint density at radius 3 is 2.43 bits per heavy atom. The zero-order valence-corrected chi connectivity index (χ0v) is 17.4. The Morgan fingerprint density at radius 1 is 1.07 bits per heavy atom. The fraction of sp³-hybridized carbons (Fsp3) is 0.318. The third-order valence-electron chi connectivity index (χ3n) is 4.86. The van der Waals surface area contributed by atoms with Gasteiger partial charge in [-0.05, 0) is 35.9 Å². The van der Waals surface area contributed by atoms with Crippen molar-refractivity contribution < 1.29 is 22.1 Å². The molecule has 2 aromatic rings. The summed E-state index contributed by atoms with van der Waals surface area (Å²) in [5, 5.41) is 3.60. The minimum absolute atomic E-state index is 0. The van der Waals surface area contributed by atoms with Gasteiger partial charge in [0.05, 0.1) is 19.6 Å². The lowest BCUT2D eigenvalue weighted by molar-refractivity contribution is -0.898. The van der Waals surface area contributed by atoms with E-state index in [2.05, 4.69) is 46.6 Å². The van der Waals surface area contributed by atoms with Crippen molar-refractivity contribution in [3.63, 3.8) is 0 Å². The normalized spacial score (nSPS) is 15.3. The number of hydrogen-bond acceptors (Lipinski definition) is 2. The van der Waals surface area contributed by atoms with Gasteiger partial charge in [0.15, 0.2) is 0 Å². The molecule has 4 nitrogen and oxygen atoms in total. The van der Waals surface area contributed by atoms with Crippen LogP contribution in [0.25, 0.3) is 6.08 Å². The number of halogens is 2. The molecule has 0 radical (unpaired) electrons. The lowest BCUT2D eigenvalue weighted by atomic mass is 10.2. The highest BCUT2D eigenvalue weighted by Gasteiger charge is 2.19. The highest BCUT2D eigenvalue weighted by atomic mass is 35.5. The molecular formula is C22H27Cl2N3O. The topological polar surface area (TPSA) is 36.8 Å². The molecule has 0 aliphatic carbocycles. The molecule has 0 atom stereocenters. The van der Waals surface area contributed by atoms with Crippen molar-refractivity contribution in [3.8, 4) is 0 Å². The minimum atomic E-state index is 0. The maximum absolute atomic E-state index is 12.1. The minimum Gasteiger partial charge on any atom is -1.00 e. The lowest BCUT2D eigenvalue weighted by Gasteiger charge is -2.31. The van der Waals surface area contributed by atoms with Crippen molar-refractivity contribution in [3.05, 3.63) is 71.3 Å². The number of rotatable bonds is 7. The van der Waals surface area contributed by atoms with Crippen LogP contribution in [0.1, 0.15) is 12.0 Å². The van der Waals surface area contributed by atoms with Gasteiger partial charge in [0.2, 0.25) is 5.91 Å². The second kappa shape index (κ2) is 11.9.